The van der Waals surface area contributed by atoms with Crippen molar-refractivity contribution in [3.63, 3.8) is 0 Å². The SMILES string of the molecule is N#Cc1ccc(NC2CCN(CC3CCCC3)CC2)cc1. The summed E-state index contributed by atoms with van der Waals surface area (Å²) >= 11 is 0. The van der Waals surface area contributed by atoms with Gasteiger partial charge in [0, 0.05) is 31.4 Å². The zero-order chi connectivity index (χ0) is 14.5. The normalized spacial score (nSPS) is 21.3. The number of nitrogens with one attached hydrogen (secondary N) is 1. The van der Waals surface area contributed by atoms with Crippen LogP contribution in [0.5, 0.6) is 0 Å². The molecule has 1 aliphatic heterocycles. The Morgan fingerprint density at radius 3 is 2.33 bits per heavy atom. The van der Waals surface area contributed by atoms with E-state index in [1.54, 1.807) is 0 Å². The lowest BCUT2D eigenvalue weighted by atomic mass is 10.0. The molecule has 3 nitrogen and oxygen atoms in total. The summed E-state index contributed by atoms with van der Waals surface area (Å²) in [6.07, 6.45) is 8.25. The first-order valence-corrected chi connectivity index (χ1v) is 8.32. The summed E-state index contributed by atoms with van der Waals surface area (Å²) in [5, 5.41) is 12.4. The molecule has 3 rings (SSSR count). The lowest BCUT2D eigenvalue weighted by Gasteiger charge is -2.34. The van der Waals surface area contributed by atoms with Crippen LogP contribution in [0.2, 0.25) is 0 Å². The minimum Gasteiger partial charge on any atom is -0.382 e. The van der Waals surface area contributed by atoms with Crippen molar-refractivity contribution in [2.24, 2.45) is 5.92 Å². The van der Waals surface area contributed by atoms with Crippen LogP contribution in [0.3, 0.4) is 0 Å². The van der Waals surface area contributed by atoms with Crippen molar-refractivity contribution in [2.75, 3.05) is 25.0 Å². The topological polar surface area (TPSA) is 39.1 Å². The molecule has 112 valence electrons. The number of piperidine rings is 1. The van der Waals surface area contributed by atoms with Crippen LogP contribution in [-0.2, 0) is 0 Å². The molecule has 0 aromatic heterocycles. The van der Waals surface area contributed by atoms with Gasteiger partial charge in [0.25, 0.3) is 0 Å². The van der Waals surface area contributed by atoms with Gasteiger partial charge in [-0.2, -0.15) is 5.26 Å². The second-order valence-electron chi connectivity index (χ2n) is 6.56. The van der Waals surface area contributed by atoms with E-state index in [0.717, 1.165) is 17.2 Å². The molecular weight excluding hydrogens is 258 g/mol. The van der Waals surface area contributed by atoms with E-state index in [0.29, 0.717) is 6.04 Å². The van der Waals surface area contributed by atoms with Crippen molar-refractivity contribution in [1.82, 2.24) is 4.90 Å². The van der Waals surface area contributed by atoms with Crippen LogP contribution in [0.1, 0.15) is 44.1 Å². The number of anilines is 1. The van der Waals surface area contributed by atoms with Gasteiger partial charge in [-0.25, -0.2) is 0 Å². The molecule has 21 heavy (non-hydrogen) atoms. The predicted octanol–water partition coefficient (Wildman–Crippen LogP) is 3.62. The fourth-order valence-corrected chi connectivity index (χ4v) is 3.69. The Morgan fingerprint density at radius 2 is 1.71 bits per heavy atom. The minimum atomic E-state index is 0.581. The number of likely N-dealkylation sites (tertiary alicyclic amines) is 1. The van der Waals surface area contributed by atoms with Gasteiger partial charge in [-0.1, -0.05) is 12.8 Å². The van der Waals surface area contributed by atoms with E-state index < -0.39 is 0 Å². The van der Waals surface area contributed by atoms with Crippen LogP contribution < -0.4 is 5.32 Å². The van der Waals surface area contributed by atoms with Gasteiger partial charge in [-0.15, -0.1) is 0 Å². The zero-order valence-electron chi connectivity index (χ0n) is 12.7. The molecule has 1 aromatic rings. The molecule has 3 heteroatoms. The molecule has 0 bridgehead atoms. The van der Waals surface area contributed by atoms with Gasteiger partial charge >= 0.3 is 0 Å². The molecule has 1 saturated heterocycles. The molecule has 1 aliphatic carbocycles. The van der Waals surface area contributed by atoms with Crippen molar-refractivity contribution in [1.29, 1.82) is 5.26 Å². The molecule has 0 radical (unpaired) electrons. The average Bonchev–Trinajstić information content (AvgIpc) is 3.03. The van der Waals surface area contributed by atoms with Crippen LogP contribution in [-0.4, -0.2) is 30.6 Å². The third-order valence-corrected chi connectivity index (χ3v) is 4.96. The predicted molar refractivity (Wildman–Crippen MR) is 86.2 cm³/mol. The largest absolute Gasteiger partial charge is 0.382 e. The average molecular weight is 283 g/mol. The molecule has 1 saturated carbocycles. The molecule has 2 fully saturated rings. The van der Waals surface area contributed by atoms with Crippen molar-refractivity contribution in [3.05, 3.63) is 29.8 Å². The first-order chi connectivity index (χ1) is 10.3. The number of nitriles is 1. The van der Waals surface area contributed by atoms with Crippen LogP contribution >= 0.6 is 0 Å². The van der Waals surface area contributed by atoms with Crippen LogP contribution in [0.25, 0.3) is 0 Å². The Kier molecular flexibility index (Phi) is 4.77. The third kappa shape index (κ3) is 3.98. The van der Waals surface area contributed by atoms with Crippen LogP contribution in [0, 0.1) is 17.2 Å². The Hall–Kier alpha value is -1.53. The molecular formula is C18H25N3. The van der Waals surface area contributed by atoms with E-state index in [1.165, 1.54) is 58.2 Å². The highest BCUT2D eigenvalue weighted by molar-refractivity contribution is 5.47. The minimum absolute atomic E-state index is 0.581. The third-order valence-electron chi connectivity index (χ3n) is 4.96. The summed E-state index contributed by atoms with van der Waals surface area (Å²) in [7, 11) is 0. The molecule has 0 unspecified atom stereocenters. The van der Waals surface area contributed by atoms with E-state index in [1.807, 2.05) is 24.3 Å². The number of rotatable bonds is 4. The summed E-state index contributed by atoms with van der Waals surface area (Å²) in [6, 6.07) is 10.6. The molecule has 0 atom stereocenters. The van der Waals surface area contributed by atoms with Gasteiger partial charge < -0.3 is 10.2 Å². The molecule has 1 aromatic carbocycles. The van der Waals surface area contributed by atoms with E-state index in [-0.39, 0.29) is 0 Å². The smallest absolute Gasteiger partial charge is 0.0991 e. The molecule has 0 spiro atoms. The maximum Gasteiger partial charge on any atom is 0.0991 e. The highest BCUT2D eigenvalue weighted by atomic mass is 15.1. The van der Waals surface area contributed by atoms with E-state index in [9.17, 15) is 0 Å². The Balaban J connectivity index is 1.43. The van der Waals surface area contributed by atoms with Crippen molar-refractivity contribution < 1.29 is 0 Å². The standard InChI is InChI=1S/C18H25N3/c19-13-15-5-7-17(8-6-15)20-18-9-11-21(12-10-18)14-16-3-1-2-4-16/h5-8,16,18,20H,1-4,9-12,14H2. The van der Waals surface area contributed by atoms with Crippen LogP contribution in [0.15, 0.2) is 24.3 Å². The fraction of sp³-hybridized carbons (Fsp3) is 0.611. The summed E-state index contributed by atoms with van der Waals surface area (Å²) in [5.74, 6) is 0.966. The van der Waals surface area contributed by atoms with Crippen molar-refractivity contribution >= 4 is 5.69 Å². The van der Waals surface area contributed by atoms with Crippen molar-refractivity contribution in [3.8, 4) is 6.07 Å². The van der Waals surface area contributed by atoms with Crippen molar-refractivity contribution in [2.45, 2.75) is 44.6 Å². The van der Waals surface area contributed by atoms with Gasteiger partial charge in [0.1, 0.15) is 0 Å². The lowest BCUT2D eigenvalue weighted by Crippen LogP contribution is -2.41. The summed E-state index contributed by atoms with van der Waals surface area (Å²) in [6.45, 7) is 3.78. The number of hydrogen-bond donors (Lipinski definition) is 1. The zero-order valence-corrected chi connectivity index (χ0v) is 12.7. The Labute approximate surface area is 128 Å². The maximum absolute atomic E-state index is 8.82. The number of hydrogen-bond acceptors (Lipinski definition) is 3. The first kappa shape index (κ1) is 14.4. The Bertz CT molecular complexity index is 474. The molecule has 2 aliphatic rings. The van der Waals surface area contributed by atoms with Gasteiger partial charge in [0.15, 0.2) is 0 Å². The molecule has 1 N–H and O–H groups in total. The van der Waals surface area contributed by atoms with Gasteiger partial charge in [0.2, 0.25) is 0 Å². The summed E-state index contributed by atoms with van der Waals surface area (Å²) in [4.78, 5) is 2.66. The number of nitrogens with zero attached hydrogens (tertiary/aromatic N) is 2. The monoisotopic (exact) mass is 283 g/mol. The molecule has 0 amide bonds. The Morgan fingerprint density at radius 1 is 1.05 bits per heavy atom. The first-order valence-electron chi connectivity index (χ1n) is 8.32. The highest BCUT2D eigenvalue weighted by Crippen LogP contribution is 2.27. The second kappa shape index (κ2) is 6.95. The van der Waals surface area contributed by atoms with E-state index >= 15 is 0 Å². The van der Waals surface area contributed by atoms with E-state index in [2.05, 4.69) is 16.3 Å². The second-order valence-corrected chi connectivity index (χ2v) is 6.56. The van der Waals surface area contributed by atoms with Crippen LogP contribution in [0.4, 0.5) is 5.69 Å². The quantitative estimate of drug-likeness (QED) is 0.917. The molecule has 1 heterocycles. The van der Waals surface area contributed by atoms with E-state index in [4.69, 9.17) is 5.26 Å². The lowest BCUT2D eigenvalue weighted by molar-refractivity contribution is 0.189. The van der Waals surface area contributed by atoms with Gasteiger partial charge in [-0.05, 0) is 55.9 Å². The van der Waals surface area contributed by atoms with Gasteiger partial charge in [-0.3, -0.25) is 0 Å². The summed E-state index contributed by atoms with van der Waals surface area (Å²) < 4.78 is 0. The number of benzene rings is 1. The highest BCUT2D eigenvalue weighted by Gasteiger charge is 2.23. The van der Waals surface area contributed by atoms with Gasteiger partial charge in [0.05, 0.1) is 11.6 Å². The summed E-state index contributed by atoms with van der Waals surface area (Å²) in [5.41, 5.74) is 1.87. The fourth-order valence-electron chi connectivity index (χ4n) is 3.69. The maximum atomic E-state index is 8.82.